The summed E-state index contributed by atoms with van der Waals surface area (Å²) < 4.78 is 10.0. The Morgan fingerprint density at radius 3 is 3.00 bits per heavy atom. The summed E-state index contributed by atoms with van der Waals surface area (Å²) in [6, 6.07) is 3.35. The van der Waals surface area contributed by atoms with Gasteiger partial charge in [0.1, 0.15) is 11.4 Å². The number of ether oxygens (including phenoxy) is 2. The van der Waals surface area contributed by atoms with Crippen LogP contribution in [0.25, 0.3) is 0 Å². The molecule has 0 aliphatic heterocycles. The van der Waals surface area contributed by atoms with Crippen LogP contribution in [0, 0.1) is 0 Å². The minimum absolute atomic E-state index is 0.409. The first kappa shape index (κ1) is 14.2. The fourth-order valence-corrected chi connectivity index (χ4v) is 1.31. The van der Waals surface area contributed by atoms with Gasteiger partial charge in [0.25, 0.3) is 0 Å². The molecule has 1 N–H and O–H groups in total. The molecule has 0 saturated heterocycles. The van der Waals surface area contributed by atoms with Crippen molar-refractivity contribution in [2.45, 2.75) is 6.92 Å². The first-order valence-corrected chi connectivity index (χ1v) is 5.64. The Morgan fingerprint density at radius 2 is 2.33 bits per heavy atom. The van der Waals surface area contributed by atoms with Gasteiger partial charge in [0.15, 0.2) is 0 Å². The molecule has 0 bridgehead atoms. The molecule has 0 spiro atoms. The molecule has 1 aromatic rings. The van der Waals surface area contributed by atoms with Crippen molar-refractivity contribution in [1.29, 1.82) is 0 Å². The first-order valence-electron chi connectivity index (χ1n) is 5.64. The Balaban J connectivity index is 2.46. The van der Waals surface area contributed by atoms with Gasteiger partial charge in [0.2, 0.25) is 0 Å². The van der Waals surface area contributed by atoms with E-state index in [0.29, 0.717) is 31.1 Å². The molecule has 0 radical (unpaired) electrons. The molecule has 0 aliphatic rings. The number of esters is 1. The molecule has 5 heteroatoms. The van der Waals surface area contributed by atoms with Gasteiger partial charge in [0, 0.05) is 12.7 Å². The number of nitrogens with zero attached hydrogens (tertiary/aromatic N) is 1. The maximum Gasteiger partial charge on any atom is 0.341 e. The highest BCUT2D eigenvalue weighted by Crippen LogP contribution is 2.11. The number of hydrogen-bond acceptors (Lipinski definition) is 5. The zero-order chi connectivity index (χ0) is 13.4. The second-order valence-corrected chi connectivity index (χ2v) is 3.83. The topological polar surface area (TPSA) is 60.5 Å². The van der Waals surface area contributed by atoms with E-state index >= 15 is 0 Å². The van der Waals surface area contributed by atoms with Gasteiger partial charge in [-0.2, -0.15) is 0 Å². The molecule has 0 aromatic carbocycles. The van der Waals surface area contributed by atoms with Gasteiger partial charge in [-0.3, -0.25) is 0 Å². The van der Waals surface area contributed by atoms with Crippen molar-refractivity contribution < 1.29 is 14.3 Å². The van der Waals surface area contributed by atoms with Crippen molar-refractivity contribution in [2.75, 3.05) is 32.2 Å². The van der Waals surface area contributed by atoms with Gasteiger partial charge in [-0.15, -0.1) is 0 Å². The van der Waals surface area contributed by atoms with Crippen LogP contribution >= 0.6 is 0 Å². The summed E-state index contributed by atoms with van der Waals surface area (Å²) in [6.45, 7) is 7.26. The van der Waals surface area contributed by atoms with Crippen LogP contribution in [0.2, 0.25) is 0 Å². The molecule has 5 nitrogen and oxygen atoms in total. The number of methoxy groups -OCH3 is 1. The summed E-state index contributed by atoms with van der Waals surface area (Å²) in [5.41, 5.74) is 1.39. The number of rotatable bonds is 7. The number of carbonyl (C=O) groups excluding carboxylic acids is 1. The first-order chi connectivity index (χ1) is 8.65. The molecule has 1 heterocycles. The molecule has 0 unspecified atom stereocenters. The van der Waals surface area contributed by atoms with E-state index in [1.165, 1.54) is 7.11 Å². The van der Waals surface area contributed by atoms with Crippen molar-refractivity contribution in [3.63, 3.8) is 0 Å². The number of hydrogen-bond donors (Lipinski definition) is 1. The summed E-state index contributed by atoms with van der Waals surface area (Å²) in [6.07, 6.45) is 1.61. The van der Waals surface area contributed by atoms with Crippen LogP contribution < -0.4 is 5.32 Å². The Labute approximate surface area is 107 Å². The molecule has 1 rings (SSSR count). The molecule has 0 fully saturated rings. The molecular formula is C13H18N2O3. The average molecular weight is 250 g/mol. The molecule has 0 amide bonds. The van der Waals surface area contributed by atoms with Gasteiger partial charge in [-0.1, -0.05) is 12.2 Å². The standard InChI is InChI=1S/C13H18N2O3/c1-10(2)9-18-8-7-15-12-11(13(16)17-3)5-4-6-14-12/h4-6H,1,7-9H2,2-3H3,(H,14,15). The van der Waals surface area contributed by atoms with E-state index in [0.717, 1.165) is 5.57 Å². The van der Waals surface area contributed by atoms with Gasteiger partial charge < -0.3 is 14.8 Å². The van der Waals surface area contributed by atoms with Gasteiger partial charge in [0.05, 0.1) is 20.3 Å². The predicted octanol–water partition coefficient (Wildman–Crippen LogP) is 1.87. The zero-order valence-electron chi connectivity index (χ0n) is 10.7. The highest BCUT2D eigenvalue weighted by molar-refractivity contribution is 5.94. The van der Waals surface area contributed by atoms with Gasteiger partial charge in [-0.25, -0.2) is 9.78 Å². The van der Waals surface area contributed by atoms with Crippen molar-refractivity contribution in [2.24, 2.45) is 0 Å². The fraction of sp³-hybridized carbons (Fsp3) is 0.385. The summed E-state index contributed by atoms with van der Waals surface area (Å²) in [5, 5.41) is 3.04. The average Bonchev–Trinajstić information content (AvgIpc) is 2.37. The van der Waals surface area contributed by atoms with Crippen molar-refractivity contribution in [3.05, 3.63) is 36.0 Å². The lowest BCUT2D eigenvalue weighted by atomic mass is 10.2. The van der Waals surface area contributed by atoms with Crippen LogP contribution in [0.1, 0.15) is 17.3 Å². The molecule has 0 atom stereocenters. The monoisotopic (exact) mass is 250 g/mol. The second kappa shape index (κ2) is 7.45. The Morgan fingerprint density at radius 1 is 1.56 bits per heavy atom. The van der Waals surface area contributed by atoms with Crippen molar-refractivity contribution in [3.8, 4) is 0 Å². The van der Waals surface area contributed by atoms with Crippen LogP contribution in [0.5, 0.6) is 0 Å². The maximum absolute atomic E-state index is 11.5. The van der Waals surface area contributed by atoms with Gasteiger partial charge in [-0.05, 0) is 19.1 Å². The smallest absolute Gasteiger partial charge is 0.341 e. The van der Waals surface area contributed by atoms with Gasteiger partial charge >= 0.3 is 5.97 Å². The van der Waals surface area contributed by atoms with E-state index in [1.54, 1.807) is 18.3 Å². The highest BCUT2D eigenvalue weighted by atomic mass is 16.5. The van der Waals surface area contributed by atoms with Crippen LogP contribution in [-0.4, -0.2) is 37.8 Å². The second-order valence-electron chi connectivity index (χ2n) is 3.83. The highest BCUT2D eigenvalue weighted by Gasteiger charge is 2.11. The lowest BCUT2D eigenvalue weighted by molar-refractivity contribution is 0.0601. The van der Waals surface area contributed by atoms with Crippen LogP contribution in [-0.2, 0) is 9.47 Å². The van der Waals surface area contributed by atoms with E-state index in [9.17, 15) is 4.79 Å². The third-order valence-corrected chi connectivity index (χ3v) is 2.10. The number of nitrogens with one attached hydrogen (secondary N) is 1. The maximum atomic E-state index is 11.5. The normalized spacial score (nSPS) is 9.89. The van der Waals surface area contributed by atoms with Crippen LogP contribution in [0.3, 0.4) is 0 Å². The van der Waals surface area contributed by atoms with E-state index in [-0.39, 0.29) is 0 Å². The number of anilines is 1. The SMILES string of the molecule is C=C(C)COCCNc1ncccc1C(=O)OC. The van der Waals surface area contributed by atoms with Crippen LogP contribution in [0.15, 0.2) is 30.5 Å². The molecule has 0 aliphatic carbocycles. The Kier molecular flexibility index (Phi) is 5.87. The molecule has 98 valence electrons. The largest absolute Gasteiger partial charge is 0.465 e. The lowest BCUT2D eigenvalue weighted by Gasteiger charge is -2.09. The van der Waals surface area contributed by atoms with E-state index < -0.39 is 5.97 Å². The molecular weight excluding hydrogens is 232 g/mol. The zero-order valence-corrected chi connectivity index (χ0v) is 10.7. The summed E-state index contributed by atoms with van der Waals surface area (Å²) in [7, 11) is 1.34. The predicted molar refractivity (Wildman–Crippen MR) is 69.7 cm³/mol. The lowest BCUT2D eigenvalue weighted by Crippen LogP contribution is -2.14. The van der Waals surface area contributed by atoms with E-state index in [2.05, 4.69) is 21.6 Å². The quantitative estimate of drug-likeness (QED) is 0.455. The minimum atomic E-state index is -0.409. The van der Waals surface area contributed by atoms with Crippen molar-refractivity contribution >= 4 is 11.8 Å². The van der Waals surface area contributed by atoms with E-state index in [1.807, 2.05) is 6.92 Å². The fourth-order valence-electron chi connectivity index (χ4n) is 1.31. The third kappa shape index (κ3) is 4.55. The summed E-state index contributed by atoms with van der Waals surface area (Å²) in [5.74, 6) is 0.0942. The molecule has 1 aromatic heterocycles. The minimum Gasteiger partial charge on any atom is -0.465 e. The molecule has 0 saturated carbocycles. The number of pyridine rings is 1. The van der Waals surface area contributed by atoms with Crippen LogP contribution in [0.4, 0.5) is 5.82 Å². The van der Waals surface area contributed by atoms with Crippen molar-refractivity contribution in [1.82, 2.24) is 4.98 Å². The number of carbonyl (C=O) groups is 1. The molecule has 18 heavy (non-hydrogen) atoms. The third-order valence-electron chi connectivity index (χ3n) is 2.10. The summed E-state index contributed by atoms with van der Waals surface area (Å²) in [4.78, 5) is 15.6. The van der Waals surface area contributed by atoms with E-state index in [4.69, 9.17) is 4.74 Å². The Bertz CT molecular complexity index is 418. The summed E-state index contributed by atoms with van der Waals surface area (Å²) >= 11 is 0. The number of aromatic nitrogens is 1. The Hall–Kier alpha value is -1.88.